The molecule has 134 valence electrons. The standard InChI is InChI=1S/C20H26N2O3/c1-13-5-6-14-15(11-21-17(14)10-13)19(23)22-8-3-4-18(22)16-12-25-9-7-20(16,2)24/h5-6,10-11,16,18,21,24H,3-4,7-9,12H2,1-2H3. The van der Waals surface area contributed by atoms with E-state index < -0.39 is 5.60 Å². The van der Waals surface area contributed by atoms with Crippen LogP contribution in [0, 0.1) is 12.8 Å². The summed E-state index contributed by atoms with van der Waals surface area (Å²) >= 11 is 0. The highest BCUT2D eigenvalue weighted by Gasteiger charge is 2.45. The van der Waals surface area contributed by atoms with Gasteiger partial charge in [0.05, 0.1) is 17.8 Å². The summed E-state index contributed by atoms with van der Waals surface area (Å²) in [6.07, 6.45) is 4.35. The smallest absolute Gasteiger partial charge is 0.256 e. The molecule has 5 heteroatoms. The van der Waals surface area contributed by atoms with Crippen molar-refractivity contribution < 1.29 is 14.6 Å². The number of fused-ring (bicyclic) bond motifs is 1. The maximum absolute atomic E-state index is 13.3. The van der Waals surface area contributed by atoms with Gasteiger partial charge in [-0.2, -0.15) is 0 Å². The third-order valence-corrected chi connectivity index (χ3v) is 5.94. The van der Waals surface area contributed by atoms with Gasteiger partial charge >= 0.3 is 0 Å². The number of benzene rings is 1. The zero-order valence-electron chi connectivity index (χ0n) is 14.9. The maximum atomic E-state index is 13.3. The zero-order chi connectivity index (χ0) is 17.6. The Kier molecular flexibility index (Phi) is 4.08. The summed E-state index contributed by atoms with van der Waals surface area (Å²) in [5.41, 5.74) is 2.11. The molecule has 4 rings (SSSR count). The van der Waals surface area contributed by atoms with Crippen molar-refractivity contribution >= 4 is 16.8 Å². The van der Waals surface area contributed by atoms with Crippen LogP contribution in [0.3, 0.4) is 0 Å². The molecule has 2 N–H and O–H groups in total. The molecule has 3 unspecified atom stereocenters. The van der Waals surface area contributed by atoms with Gasteiger partial charge in [-0.1, -0.05) is 12.1 Å². The molecule has 3 heterocycles. The SMILES string of the molecule is Cc1ccc2c(C(=O)N3CCCC3C3COCCC3(C)O)c[nH]c2c1. The molecule has 1 aromatic carbocycles. The Morgan fingerprint density at radius 3 is 3.08 bits per heavy atom. The summed E-state index contributed by atoms with van der Waals surface area (Å²) in [6, 6.07) is 6.15. The fraction of sp³-hybridized carbons (Fsp3) is 0.550. The molecule has 2 aliphatic heterocycles. The Labute approximate surface area is 148 Å². The average molecular weight is 342 g/mol. The first-order valence-electron chi connectivity index (χ1n) is 9.16. The van der Waals surface area contributed by atoms with E-state index in [1.165, 1.54) is 5.56 Å². The third-order valence-electron chi connectivity index (χ3n) is 5.94. The highest BCUT2D eigenvalue weighted by molar-refractivity contribution is 6.07. The number of carbonyl (C=O) groups is 1. The molecule has 25 heavy (non-hydrogen) atoms. The average Bonchev–Trinajstić information content (AvgIpc) is 3.20. The van der Waals surface area contributed by atoms with Gasteiger partial charge in [-0.15, -0.1) is 0 Å². The van der Waals surface area contributed by atoms with Crippen molar-refractivity contribution in [2.75, 3.05) is 19.8 Å². The van der Waals surface area contributed by atoms with Gasteiger partial charge in [-0.3, -0.25) is 4.79 Å². The number of aliphatic hydroxyl groups is 1. The van der Waals surface area contributed by atoms with Gasteiger partial charge < -0.3 is 19.7 Å². The van der Waals surface area contributed by atoms with Gasteiger partial charge in [0.15, 0.2) is 0 Å². The molecular formula is C20H26N2O3. The fourth-order valence-electron chi connectivity index (χ4n) is 4.41. The Morgan fingerprint density at radius 1 is 1.44 bits per heavy atom. The number of aromatic amines is 1. The van der Waals surface area contributed by atoms with Crippen molar-refractivity contribution in [3.8, 4) is 0 Å². The Hall–Kier alpha value is -1.85. The lowest BCUT2D eigenvalue weighted by atomic mass is 9.79. The van der Waals surface area contributed by atoms with Gasteiger partial charge in [0, 0.05) is 42.2 Å². The van der Waals surface area contributed by atoms with E-state index in [1.807, 2.05) is 37.1 Å². The fourth-order valence-corrected chi connectivity index (χ4v) is 4.41. The third kappa shape index (κ3) is 2.85. The van der Waals surface area contributed by atoms with Crippen LogP contribution in [0.2, 0.25) is 0 Å². The first-order valence-corrected chi connectivity index (χ1v) is 9.16. The number of carbonyl (C=O) groups excluding carboxylic acids is 1. The highest BCUT2D eigenvalue weighted by atomic mass is 16.5. The highest BCUT2D eigenvalue weighted by Crippen LogP contribution is 2.37. The van der Waals surface area contributed by atoms with Gasteiger partial charge in [0.2, 0.25) is 0 Å². The first kappa shape index (κ1) is 16.6. The summed E-state index contributed by atoms with van der Waals surface area (Å²) in [7, 11) is 0. The van der Waals surface area contributed by atoms with Crippen LogP contribution in [0.15, 0.2) is 24.4 Å². The van der Waals surface area contributed by atoms with Crippen molar-refractivity contribution in [2.45, 2.75) is 44.8 Å². The lowest BCUT2D eigenvalue weighted by Crippen LogP contribution is -2.53. The van der Waals surface area contributed by atoms with Crippen LogP contribution >= 0.6 is 0 Å². The van der Waals surface area contributed by atoms with Crippen molar-refractivity contribution in [1.82, 2.24) is 9.88 Å². The van der Waals surface area contributed by atoms with E-state index in [9.17, 15) is 9.90 Å². The van der Waals surface area contributed by atoms with E-state index >= 15 is 0 Å². The number of ether oxygens (including phenoxy) is 1. The molecule has 2 fully saturated rings. The van der Waals surface area contributed by atoms with Crippen LogP contribution in [-0.4, -0.2) is 52.3 Å². The Morgan fingerprint density at radius 2 is 2.28 bits per heavy atom. The second-order valence-electron chi connectivity index (χ2n) is 7.75. The van der Waals surface area contributed by atoms with Crippen molar-refractivity contribution in [3.63, 3.8) is 0 Å². The summed E-state index contributed by atoms with van der Waals surface area (Å²) in [4.78, 5) is 18.4. The molecule has 0 bridgehead atoms. The summed E-state index contributed by atoms with van der Waals surface area (Å²) < 4.78 is 5.63. The molecule has 0 aliphatic carbocycles. The van der Waals surface area contributed by atoms with Gasteiger partial charge in [0.1, 0.15) is 0 Å². The minimum atomic E-state index is -0.775. The molecule has 0 radical (unpaired) electrons. The molecule has 1 amide bonds. The van der Waals surface area contributed by atoms with Crippen LogP contribution in [0.5, 0.6) is 0 Å². The largest absolute Gasteiger partial charge is 0.390 e. The minimum Gasteiger partial charge on any atom is -0.390 e. The maximum Gasteiger partial charge on any atom is 0.256 e. The molecule has 0 saturated carbocycles. The number of nitrogens with one attached hydrogen (secondary N) is 1. The molecular weight excluding hydrogens is 316 g/mol. The number of aryl methyl sites for hydroxylation is 1. The van der Waals surface area contributed by atoms with E-state index in [2.05, 4.69) is 11.1 Å². The predicted molar refractivity (Wildman–Crippen MR) is 96.6 cm³/mol. The van der Waals surface area contributed by atoms with Crippen molar-refractivity contribution in [3.05, 3.63) is 35.5 Å². The summed E-state index contributed by atoms with van der Waals surface area (Å²) in [6.45, 7) is 5.79. The zero-order valence-corrected chi connectivity index (χ0v) is 14.9. The number of aromatic nitrogens is 1. The van der Waals surface area contributed by atoms with E-state index in [-0.39, 0.29) is 17.9 Å². The van der Waals surface area contributed by atoms with Crippen LogP contribution in [-0.2, 0) is 4.74 Å². The van der Waals surface area contributed by atoms with Crippen molar-refractivity contribution in [1.29, 1.82) is 0 Å². The van der Waals surface area contributed by atoms with Crippen LogP contribution in [0.4, 0.5) is 0 Å². The monoisotopic (exact) mass is 342 g/mol. The second kappa shape index (κ2) is 6.15. The number of nitrogens with zero attached hydrogens (tertiary/aromatic N) is 1. The summed E-state index contributed by atoms with van der Waals surface area (Å²) in [5, 5.41) is 11.8. The van der Waals surface area contributed by atoms with E-state index in [0.29, 0.717) is 19.6 Å². The molecule has 3 atom stereocenters. The topological polar surface area (TPSA) is 65.6 Å². The van der Waals surface area contributed by atoms with E-state index in [0.717, 1.165) is 35.9 Å². The number of likely N-dealkylation sites (tertiary alicyclic amines) is 1. The molecule has 0 spiro atoms. The normalized spacial score (nSPS) is 30.1. The number of hydrogen-bond acceptors (Lipinski definition) is 3. The quantitative estimate of drug-likeness (QED) is 0.882. The predicted octanol–water partition coefficient (Wildman–Crippen LogP) is 2.87. The van der Waals surface area contributed by atoms with Gasteiger partial charge in [0.25, 0.3) is 5.91 Å². The number of amides is 1. The number of hydrogen-bond donors (Lipinski definition) is 2. The van der Waals surface area contributed by atoms with Crippen LogP contribution in [0.1, 0.15) is 42.1 Å². The Bertz CT molecular complexity index is 795. The summed E-state index contributed by atoms with van der Waals surface area (Å²) in [5.74, 6) is 0.0270. The van der Waals surface area contributed by atoms with Crippen molar-refractivity contribution in [2.24, 2.45) is 5.92 Å². The lowest BCUT2D eigenvalue weighted by molar-refractivity contribution is -0.119. The second-order valence-corrected chi connectivity index (χ2v) is 7.75. The molecule has 2 saturated heterocycles. The van der Waals surface area contributed by atoms with E-state index in [4.69, 9.17) is 4.74 Å². The van der Waals surface area contributed by atoms with Crippen LogP contribution < -0.4 is 0 Å². The van der Waals surface area contributed by atoms with E-state index in [1.54, 1.807) is 0 Å². The molecule has 2 aliphatic rings. The molecule has 5 nitrogen and oxygen atoms in total. The number of rotatable bonds is 2. The van der Waals surface area contributed by atoms with Crippen LogP contribution in [0.25, 0.3) is 10.9 Å². The van der Waals surface area contributed by atoms with Gasteiger partial charge in [-0.25, -0.2) is 0 Å². The van der Waals surface area contributed by atoms with Gasteiger partial charge in [-0.05, 0) is 44.7 Å². The molecule has 2 aromatic rings. The number of H-pyrrole nitrogens is 1. The molecule has 1 aromatic heterocycles. The lowest BCUT2D eigenvalue weighted by Gasteiger charge is -2.43. The minimum absolute atomic E-state index is 0.0276. The first-order chi connectivity index (χ1) is 12.0. The Balaban J connectivity index is 1.64.